The van der Waals surface area contributed by atoms with Gasteiger partial charge in [0.05, 0.1) is 99.3 Å². The Morgan fingerprint density at radius 2 is 0.255 bits per heavy atom. The van der Waals surface area contributed by atoms with Crippen LogP contribution < -0.4 is 0 Å². The van der Waals surface area contributed by atoms with Crippen LogP contribution in [0.1, 0.15) is 0 Å². The number of aromatic nitrogens is 9. The molecule has 0 amide bonds. The highest BCUT2D eigenvalue weighted by atomic mass is 15.1. The van der Waals surface area contributed by atoms with E-state index in [0.29, 0.717) is 0 Å². The third-order valence-corrected chi connectivity index (χ3v) is 29.5. The third kappa shape index (κ3) is 12.1. The van der Waals surface area contributed by atoms with E-state index in [1.165, 1.54) is 224 Å². The van der Waals surface area contributed by atoms with Gasteiger partial charge in [-0.25, -0.2) is 0 Å². The van der Waals surface area contributed by atoms with E-state index in [2.05, 4.69) is 557 Å². The Kier molecular flexibility index (Phi) is 17.9. The summed E-state index contributed by atoms with van der Waals surface area (Å²) in [6, 6.07) is 187. The van der Waals surface area contributed by atoms with Gasteiger partial charge in [-0.05, 0) is 205 Å². The molecule has 9 heterocycles. The fourth-order valence-corrected chi connectivity index (χ4v) is 23.6. The number of nitrogens with zero attached hydrogens (tertiary/aromatic N) is 9. The van der Waals surface area contributed by atoms with Gasteiger partial charge in [-0.3, -0.25) is 0 Å². The zero-order chi connectivity index (χ0) is 92.4. The van der Waals surface area contributed by atoms with E-state index in [0.717, 1.165) is 34.1 Å². The van der Waals surface area contributed by atoms with Crippen molar-refractivity contribution in [3.63, 3.8) is 0 Å². The lowest BCUT2D eigenvalue weighted by Crippen LogP contribution is -1.99. The minimum Gasteiger partial charge on any atom is -0.309 e. The summed E-state index contributed by atoms with van der Waals surface area (Å²) in [5.41, 5.74) is 34.7. The second kappa shape index (κ2) is 31.8. The molecule has 31 aromatic rings. The number of fused-ring (bicyclic) bond motifs is 30. The molecule has 9 heteroatoms. The van der Waals surface area contributed by atoms with Crippen molar-refractivity contribution in [2.75, 3.05) is 0 Å². The van der Waals surface area contributed by atoms with Gasteiger partial charge < -0.3 is 41.1 Å². The Morgan fingerprint density at radius 3 is 0.518 bits per heavy atom. The van der Waals surface area contributed by atoms with Crippen LogP contribution in [0.15, 0.2) is 516 Å². The van der Waals surface area contributed by atoms with Crippen LogP contribution in [0.5, 0.6) is 0 Å². The molecule has 22 aromatic carbocycles. The van der Waals surface area contributed by atoms with Gasteiger partial charge in [-0.2, -0.15) is 0 Å². The minimum atomic E-state index is 1.14. The summed E-state index contributed by atoms with van der Waals surface area (Å²) in [6.07, 6.45) is 0. The monoisotopic (exact) mass is 1800 g/mol. The van der Waals surface area contributed by atoms with Crippen molar-refractivity contribution >= 4 is 196 Å². The summed E-state index contributed by atoms with van der Waals surface area (Å²) in [6.45, 7) is 0. The lowest BCUT2D eigenvalue weighted by Gasteiger charge is -2.13. The second-order valence-corrected chi connectivity index (χ2v) is 36.9. The highest BCUT2D eigenvalue weighted by molar-refractivity contribution is 6.30. The second-order valence-electron chi connectivity index (χ2n) is 36.9. The first-order valence-corrected chi connectivity index (χ1v) is 48.5. The molecule has 0 aliphatic heterocycles. The molecular formula is C132H85N9. The first-order valence-electron chi connectivity index (χ1n) is 48.5. The molecule has 9 nitrogen and oxygen atoms in total. The zero-order valence-corrected chi connectivity index (χ0v) is 76.6. The molecule has 0 saturated heterocycles. The van der Waals surface area contributed by atoms with Gasteiger partial charge in [0.15, 0.2) is 0 Å². The van der Waals surface area contributed by atoms with Crippen LogP contribution in [-0.4, -0.2) is 41.1 Å². The largest absolute Gasteiger partial charge is 0.309 e. The molecule has 141 heavy (non-hydrogen) atoms. The van der Waals surface area contributed by atoms with E-state index >= 15 is 0 Å². The molecule has 0 bridgehead atoms. The van der Waals surface area contributed by atoms with E-state index in [-0.39, 0.29) is 0 Å². The molecule has 0 spiro atoms. The van der Waals surface area contributed by atoms with Gasteiger partial charge in [0.1, 0.15) is 0 Å². The summed E-state index contributed by atoms with van der Waals surface area (Å²) in [7, 11) is 0. The van der Waals surface area contributed by atoms with Crippen LogP contribution in [0.2, 0.25) is 0 Å². The quantitative estimate of drug-likeness (QED) is 0.131. The summed E-state index contributed by atoms with van der Waals surface area (Å²) >= 11 is 0. The molecule has 0 unspecified atom stereocenters. The van der Waals surface area contributed by atoms with E-state index in [1.807, 2.05) is 0 Å². The molecular weight excluding hydrogens is 1710 g/mol. The topological polar surface area (TPSA) is 44.4 Å². The van der Waals surface area contributed by atoms with Crippen molar-refractivity contribution in [1.29, 1.82) is 0 Å². The van der Waals surface area contributed by atoms with Gasteiger partial charge in [0.25, 0.3) is 0 Å². The lowest BCUT2D eigenvalue weighted by molar-refractivity contribution is 1.14. The van der Waals surface area contributed by atoms with Gasteiger partial charge in [-0.1, -0.05) is 322 Å². The molecule has 0 aliphatic carbocycles. The van der Waals surface area contributed by atoms with Crippen LogP contribution in [0.3, 0.4) is 0 Å². The molecule has 0 aliphatic rings. The standard InChI is InChI=1S/C48H31N3.2C42H27N3/c1-2-12-34(13-3-1)50-45-21-11-7-17-41(45)47-46(50)31-30-40-39-16-6-10-20-44(39)51(48(40)47)36-28-24-33(25-29-36)32-22-26-35(27-23-32)49-42-18-8-4-14-37(42)38-15-5-9-19-43(38)49;1-2-13-28(14-3-1)43-39-24-11-7-20-35(39)41-40(43)26-25-34-33-19-6-10-23-38(33)45(42(34)41)30-16-12-15-29(27-30)44-36-21-8-4-17-31(36)32-18-5-9-22-37(32)44;1-2-12-28(13-3-1)44-39-21-11-7-17-35(39)41-40(44)27-26-34-33-16-6-10-20-38(33)45(42(34)41)30-24-22-29(23-25-30)43-36-18-8-4-14-31(36)32-15-5-9-19-37(32)43/h1-31H;2*1-27H. The molecule has 658 valence electrons. The number of hydrogen-bond acceptors (Lipinski definition) is 0. The third-order valence-electron chi connectivity index (χ3n) is 29.5. The predicted molar refractivity (Wildman–Crippen MR) is 594 cm³/mol. The van der Waals surface area contributed by atoms with Gasteiger partial charge in [-0.15, -0.1) is 0 Å². The molecule has 31 rings (SSSR count). The highest BCUT2D eigenvalue weighted by Crippen LogP contribution is 2.49. The molecule has 0 saturated carbocycles. The molecule has 0 N–H and O–H groups in total. The SMILES string of the molecule is c1ccc(-n2c3ccccc3c3c2ccc2c4ccccc4n(-c4ccc(-c5ccc(-n6c7ccccc7c7ccccc76)cc5)cc4)c23)cc1.c1ccc(-n2c3ccccc3c3c2ccc2c4ccccc4n(-c4ccc(-n5c6ccccc6c6ccccc65)cc4)c23)cc1.c1ccc(-n2c3ccccc3c3c2ccc2c4ccccc4n(-c4cccc(-n5c6ccccc6c6ccccc65)c4)c23)cc1. The van der Waals surface area contributed by atoms with Crippen molar-refractivity contribution in [2.45, 2.75) is 0 Å². The van der Waals surface area contributed by atoms with Crippen molar-refractivity contribution in [1.82, 2.24) is 41.1 Å². The van der Waals surface area contributed by atoms with E-state index in [1.54, 1.807) is 0 Å². The minimum absolute atomic E-state index is 1.14. The van der Waals surface area contributed by atoms with Crippen LogP contribution in [0.25, 0.3) is 259 Å². The Bertz CT molecular complexity index is 10300. The molecule has 0 fully saturated rings. The van der Waals surface area contributed by atoms with E-state index in [4.69, 9.17) is 0 Å². The van der Waals surface area contributed by atoms with Crippen LogP contribution in [-0.2, 0) is 0 Å². The summed E-state index contributed by atoms with van der Waals surface area (Å²) in [5.74, 6) is 0. The molecule has 0 radical (unpaired) electrons. The predicted octanol–water partition coefficient (Wildman–Crippen LogP) is 34.6. The average Bonchev–Trinajstić information content (AvgIpc) is 1.55. The summed E-state index contributed by atoms with van der Waals surface area (Å²) < 4.78 is 21.8. The maximum atomic E-state index is 2.48. The maximum Gasteiger partial charge on any atom is 0.0641 e. The number of benzene rings is 22. The van der Waals surface area contributed by atoms with Gasteiger partial charge >= 0.3 is 0 Å². The van der Waals surface area contributed by atoms with E-state index < -0.39 is 0 Å². The van der Waals surface area contributed by atoms with Crippen LogP contribution >= 0.6 is 0 Å². The Morgan fingerprint density at radius 1 is 0.0922 bits per heavy atom. The number of rotatable bonds is 10. The van der Waals surface area contributed by atoms with Crippen molar-refractivity contribution in [3.8, 4) is 62.3 Å². The number of para-hydroxylation sites is 15. The lowest BCUT2D eigenvalue weighted by atomic mass is 10.0. The first-order chi connectivity index (χ1) is 70.1. The van der Waals surface area contributed by atoms with Gasteiger partial charge in [0.2, 0.25) is 0 Å². The van der Waals surface area contributed by atoms with Crippen LogP contribution in [0, 0.1) is 0 Å². The van der Waals surface area contributed by atoms with Gasteiger partial charge in [0, 0.05) is 148 Å². The zero-order valence-electron chi connectivity index (χ0n) is 76.6. The smallest absolute Gasteiger partial charge is 0.0641 e. The fraction of sp³-hybridized carbons (Fsp3) is 0. The summed E-state index contributed by atoms with van der Waals surface area (Å²) in [5, 5.41) is 22.8. The maximum absolute atomic E-state index is 2.48. The van der Waals surface area contributed by atoms with Crippen molar-refractivity contribution in [3.05, 3.63) is 516 Å². The summed E-state index contributed by atoms with van der Waals surface area (Å²) in [4.78, 5) is 0. The Labute approximate surface area is 809 Å². The van der Waals surface area contributed by atoms with Crippen molar-refractivity contribution in [2.24, 2.45) is 0 Å². The fourth-order valence-electron chi connectivity index (χ4n) is 23.6. The van der Waals surface area contributed by atoms with Crippen molar-refractivity contribution < 1.29 is 0 Å². The van der Waals surface area contributed by atoms with E-state index in [9.17, 15) is 0 Å². The first kappa shape index (κ1) is 79.4. The number of hydrogen-bond donors (Lipinski definition) is 0. The average molecular weight is 1800 g/mol. The normalized spacial score (nSPS) is 12.0. The Hall–Kier alpha value is -19.0. The highest BCUT2D eigenvalue weighted by Gasteiger charge is 2.27. The molecule has 9 aromatic heterocycles. The van der Waals surface area contributed by atoms with Crippen LogP contribution in [0.4, 0.5) is 0 Å². The molecule has 0 atom stereocenters. The Balaban J connectivity index is 0.000000102.